The molecule has 1 aromatic heterocycles. The fourth-order valence-electron chi connectivity index (χ4n) is 1.91. The molecule has 0 aliphatic carbocycles. The van der Waals surface area contributed by atoms with E-state index in [4.69, 9.17) is 11.6 Å². The molecule has 0 amide bonds. The minimum atomic E-state index is -0.211. The molecule has 4 heteroatoms. The lowest BCUT2D eigenvalue weighted by Gasteiger charge is -2.15. The maximum Gasteiger partial charge on any atom is 0.263 e. The summed E-state index contributed by atoms with van der Waals surface area (Å²) in [4.78, 5) is 24.1. The number of carbonyl (C=O) groups is 2. The highest BCUT2D eigenvalue weighted by Gasteiger charge is 2.29. The lowest BCUT2D eigenvalue weighted by molar-refractivity contribution is 0.0910. The highest BCUT2D eigenvalue weighted by atomic mass is 35.5. The molecule has 0 spiro atoms. The monoisotopic (exact) mass is 231 g/mol. The van der Waals surface area contributed by atoms with Gasteiger partial charge in [0, 0.05) is 11.8 Å². The summed E-state index contributed by atoms with van der Waals surface area (Å²) in [6, 6.07) is 8.29. The van der Waals surface area contributed by atoms with Crippen LogP contribution in [0.4, 0.5) is 0 Å². The van der Waals surface area contributed by atoms with Crippen LogP contribution in [-0.2, 0) is 0 Å². The van der Waals surface area contributed by atoms with Gasteiger partial charge in [-0.25, -0.2) is 0 Å². The predicted octanol–water partition coefficient (Wildman–Crippen LogP) is 2.37. The Bertz CT molecular complexity index is 575. The van der Waals surface area contributed by atoms with Crippen LogP contribution >= 0.6 is 11.6 Å². The van der Waals surface area contributed by atoms with Gasteiger partial charge in [0.25, 0.3) is 5.91 Å². The third-order valence-corrected chi connectivity index (χ3v) is 2.85. The van der Waals surface area contributed by atoms with Crippen LogP contribution in [0.1, 0.15) is 26.4 Å². The first-order chi connectivity index (χ1) is 7.68. The van der Waals surface area contributed by atoms with E-state index in [-0.39, 0.29) is 11.7 Å². The molecule has 0 bridgehead atoms. The molecule has 0 N–H and O–H groups in total. The molecule has 16 heavy (non-hydrogen) atoms. The second-order valence-electron chi connectivity index (χ2n) is 3.59. The van der Waals surface area contributed by atoms with Crippen LogP contribution in [0.3, 0.4) is 0 Å². The molecule has 2 aromatic rings. The predicted molar refractivity (Wildman–Crippen MR) is 59.0 cm³/mol. The number of rotatable bonds is 0. The van der Waals surface area contributed by atoms with Gasteiger partial charge in [-0.05, 0) is 12.1 Å². The quantitative estimate of drug-likeness (QED) is 0.596. The Morgan fingerprint density at radius 1 is 1.06 bits per heavy atom. The topological polar surface area (TPSA) is 39.1 Å². The molecule has 0 fully saturated rings. The largest absolute Gasteiger partial charge is 0.287 e. The van der Waals surface area contributed by atoms with Gasteiger partial charge in [0.15, 0.2) is 0 Å². The fourth-order valence-corrected chi connectivity index (χ4v) is 2.11. The number of aromatic nitrogens is 1. The Hall–Kier alpha value is -1.87. The molecule has 0 unspecified atom stereocenters. The van der Waals surface area contributed by atoms with Crippen LogP contribution < -0.4 is 0 Å². The van der Waals surface area contributed by atoms with Crippen LogP contribution in [0.5, 0.6) is 0 Å². The summed E-state index contributed by atoms with van der Waals surface area (Å²) in [6.07, 6.45) is 1.47. The molecule has 1 aliphatic heterocycles. The Balaban J connectivity index is 2.34. The van der Waals surface area contributed by atoms with Crippen molar-refractivity contribution >= 4 is 23.3 Å². The second kappa shape index (κ2) is 3.06. The molecule has 2 heterocycles. The number of benzene rings is 1. The van der Waals surface area contributed by atoms with Gasteiger partial charge in [0.2, 0.25) is 5.78 Å². The smallest absolute Gasteiger partial charge is 0.263 e. The zero-order chi connectivity index (χ0) is 11.3. The van der Waals surface area contributed by atoms with Crippen molar-refractivity contribution in [1.82, 2.24) is 4.57 Å². The van der Waals surface area contributed by atoms with Gasteiger partial charge >= 0.3 is 0 Å². The van der Waals surface area contributed by atoms with Crippen molar-refractivity contribution < 1.29 is 9.59 Å². The summed E-state index contributed by atoms with van der Waals surface area (Å²) in [6.45, 7) is 0. The third kappa shape index (κ3) is 1.09. The maximum atomic E-state index is 12.0. The average molecular weight is 232 g/mol. The van der Waals surface area contributed by atoms with Crippen molar-refractivity contribution in [1.29, 1.82) is 0 Å². The van der Waals surface area contributed by atoms with Crippen molar-refractivity contribution in [3.63, 3.8) is 0 Å². The molecule has 0 saturated carbocycles. The lowest BCUT2D eigenvalue weighted by atomic mass is 9.98. The van der Waals surface area contributed by atoms with E-state index in [2.05, 4.69) is 0 Å². The van der Waals surface area contributed by atoms with Crippen LogP contribution in [0.2, 0.25) is 5.02 Å². The molecular weight excluding hydrogens is 226 g/mol. The first-order valence-corrected chi connectivity index (χ1v) is 5.12. The molecule has 78 valence electrons. The minimum Gasteiger partial charge on any atom is -0.287 e. The molecule has 3 rings (SSSR count). The van der Waals surface area contributed by atoms with Gasteiger partial charge in [-0.1, -0.05) is 29.8 Å². The standard InChI is InChI=1S/C12H6ClNO2/c13-7-5-10-11(15)8-3-1-2-4-9(8)12(16)14(10)6-7/h1-6H. The van der Waals surface area contributed by atoms with Crippen molar-refractivity contribution in [2.45, 2.75) is 0 Å². The molecule has 0 radical (unpaired) electrons. The van der Waals surface area contributed by atoms with Crippen molar-refractivity contribution in [2.75, 3.05) is 0 Å². The zero-order valence-corrected chi connectivity index (χ0v) is 8.86. The molecule has 0 atom stereocenters. The summed E-state index contributed by atoms with van der Waals surface area (Å²) in [5.74, 6) is -0.376. The van der Waals surface area contributed by atoms with Crippen LogP contribution in [0.25, 0.3) is 0 Å². The minimum absolute atomic E-state index is 0.165. The average Bonchev–Trinajstić information content (AvgIpc) is 2.68. The lowest BCUT2D eigenvalue weighted by Crippen LogP contribution is -2.25. The van der Waals surface area contributed by atoms with E-state index in [0.717, 1.165) is 0 Å². The Morgan fingerprint density at radius 2 is 1.75 bits per heavy atom. The zero-order valence-electron chi connectivity index (χ0n) is 8.11. The van der Waals surface area contributed by atoms with Crippen LogP contribution in [0, 0.1) is 0 Å². The number of nitrogens with zero attached hydrogens (tertiary/aromatic N) is 1. The normalized spacial score (nSPS) is 13.6. The SMILES string of the molecule is O=C1c2ccccc2C(=O)n2cc(Cl)cc21. The first kappa shape index (κ1) is 9.36. The Kier molecular flexibility index (Phi) is 1.79. The number of halogens is 1. The number of fused-ring (bicyclic) bond motifs is 2. The van der Waals surface area contributed by atoms with Crippen molar-refractivity contribution in [3.8, 4) is 0 Å². The number of hydrogen-bond acceptors (Lipinski definition) is 2. The maximum absolute atomic E-state index is 12.0. The highest BCUT2D eigenvalue weighted by molar-refractivity contribution is 6.32. The number of carbonyl (C=O) groups excluding carboxylic acids is 2. The van der Waals surface area contributed by atoms with Gasteiger partial charge in [-0.2, -0.15) is 0 Å². The first-order valence-electron chi connectivity index (χ1n) is 4.75. The Morgan fingerprint density at radius 3 is 2.50 bits per heavy atom. The summed E-state index contributed by atoms with van der Waals surface area (Å²) in [7, 11) is 0. The van der Waals surface area contributed by atoms with Crippen LogP contribution in [-0.4, -0.2) is 16.3 Å². The second-order valence-corrected chi connectivity index (χ2v) is 4.03. The summed E-state index contributed by atoms with van der Waals surface area (Å²) >= 11 is 5.80. The van der Waals surface area contributed by atoms with Gasteiger partial charge in [0.05, 0.1) is 16.3 Å². The summed E-state index contributed by atoms with van der Waals surface area (Å²) in [5, 5.41) is 0.393. The van der Waals surface area contributed by atoms with Crippen molar-refractivity contribution in [2.24, 2.45) is 0 Å². The van der Waals surface area contributed by atoms with Gasteiger partial charge < -0.3 is 0 Å². The van der Waals surface area contributed by atoms with E-state index in [9.17, 15) is 9.59 Å². The summed E-state index contributed by atoms with van der Waals surface area (Å²) < 4.78 is 1.30. The molecule has 3 nitrogen and oxygen atoms in total. The van der Waals surface area contributed by atoms with E-state index in [0.29, 0.717) is 21.8 Å². The molecule has 1 aliphatic rings. The third-order valence-electron chi connectivity index (χ3n) is 2.64. The van der Waals surface area contributed by atoms with Crippen molar-refractivity contribution in [3.05, 3.63) is 58.4 Å². The number of ketones is 1. The van der Waals surface area contributed by atoms with E-state index < -0.39 is 0 Å². The van der Waals surface area contributed by atoms with Gasteiger partial charge in [-0.15, -0.1) is 0 Å². The van der Waals surface area contributed by atoms with E-state index in [1.54, 1.807) is 24.3 Å². The molecular formula is C12H6ClNO2. The van der Waals surface area contributed by atoms with E-state index in [1.807, 2.05) is 0 Å². The fraction of sp³-hybridized carbons (Fsp3) is 0. The Labute approximate surface area is 96.3 Å². The summed E-state index contributed by atoms with van der Waals surface area (Å²) in [5.41, 5.74) is 1.19. The van der Waals surface area contributed by atoms with E-state index >= 15 is 0 Å². The molecule has 0 saturated heterocycles. The highest BCUT2D eigenvalue weighted by Crippen LogP contribution is 2.25. The number of hydrogen-bond donors (Lipinski definition) is 0. The van der Waals surface area contributed by atoms with E-state index in [1.165, 1.54) is 16.8 Å². The van der Waals surface area contributed by atoms with Gasteiger partial charge in [0.1, 0.15) is 0 Å². The van der Waals surface area contributed by atoms with Crippen LogP contribution in [0.15, 0.2) is 36.5 Å². The van der Waals surface area contributed by atoms with Gasteiger partial charge in [-0.3, -0.25) is 14.2 Å². The molecule has 1 aromatic carbocycles.